The predicted octanol–water partition coefficient (Wildman–Crippen LogP) is 4.73. The molecule has 0 spiro atoms. The van der Waals surface area contributed by atoms with E-state index in [1.54, 1.807) is 48.5 Å². The minimum absolute atomic E-state index is 0.0419. The molecule has 1 N–H and O–H groups in total. The third-order valence-electron chi connectivity index (χ3n) is 7.62. The number of carbonyl (C=O) groups is 2. The Morgan fingerprint density at radius 1 is 0.923 bits per heavy atom. The number of phenols is 1. The quantitative estimate of drug-likeness (QED) is 0.314. The number of hydrogen-bond donors (Lipinski definition) is 1. The second-order valence-corrected chi connectivity index (χ2v) is 12.4. The van der Waals surface area contributed by atoms with Crippen molar-refractivity contribution in [3.63, 3.8) is 0 Å². The van der Waals surface area contributed by atoms with E-state index in [0.29, 0.717) is 15.7 Å². The average molecular weight is 672 g/mol. The van der Waals surface area contributed by atoms with Crippen molar-refractivity contribution in [1.29, 1.82) is 0 Å². The highest BCUT2D eigenvalue weighted by Gasteiger charge is 2.71. The molecule has 2 aliphatic carbocycles. The minimum Gasteiger partial charge on any atom is -0.508 e. The molecular formula is C26H16BrCl4N3O5. The second-order valence-electron chi connectivity index (χ2n) is 9.52. The van der Waals surface area contributed by atoms with Gasteiger partial charge in [0.15, 0.2) is 11.6 Å². The fourth-order valence-corrected chi connectivity index (χ4v) is 7.76. The average Bonchev–Trinajstić information content (AvgIpc) is 3.18. The molecule has 1 fully saturated rings. The van der Waals surface area contributed by atoms with E-state index in [1.165, 1.54) is 15.4 Å². The van der Waals surface area contributed by atoms with Gasteiger partial charge in [0.1, 0.15) is 25.6 Å². The number of rotatable bonds is 2. The van der Waals surface area contributed by atoms with Gasteiger partial charge in [-0.1, -0.05) is 63.4 Å². The van der Waals surface area contributed by atoms with Gasteiger partial charge in [0.25, 0.3) is 0 Å². The van der Waals surface area contributed by atoms with Gasteiger partial charge >= 0.3 is 11.4 Å². The van der Waals surface area contributed by atoms with E-state index in [9.17, 15) is 24.3 Å². The van der Waals surface area contributed by atoms with Gasteiger partial charge in [-0.25, -0.2) is 23.5 Å². The lowest BCUT2D eigenvalue weighted by Crippen LogP contribution is -2.67. The number of aromatic nitrogens is 3. The molecule has 39 heavy (non-hydrogen) atoms. The number of Topliss-reactive ketones (excluding diaryl/α,β-unsaturated/α-hetero) is 2. The summed E-state index contributed by atoms with van der Waals surface area (Å²) in [5.74, 6) is -3.22. The summed E-state index contributed by atoms with van der Waals surface area (Å²) in [6.45, 7) is -0.0419. The van der Waals surface area contributed by atoms with Gasteiger partial charge < -0.3 is 5.11 Å². The predicted molar refractivity (Wildman–Crippen MR) is 150 cm³/mol. The Balaban J connectivity index is 1.67. The first kappa shape index (κ1) is 26.7. The Bertz CT molecular complexity index is 1790. The van der Waals surface area contributed by atoms with Crippen molar-refractivity contribution in [2.24, 2.45) is 0 Å². The lowest BCUT2D eigenvalue weighted by molar-refractivity contribution is -0.128. The first-order valence-electron chi connectivity index (χ1n) is 11.6. The summed E-state index contributed by atoms with van der Waals surface area (Å²) >= 11 is 30.0. The van der Waals surface area contributed by atoms with E-state index in [0.717, 1.165) is 4.57 Å². The molecule has 13 heteroatoms. The standard InChI is InChI=1S/C26H16BrCl4N3O5/c27-12-6-7-17(35)15(10-12)18-14-8-9-32-23(38)33(13-4-2-1-3-5-13)24(39)34(32)16(14)11-25(30)21(36)19(28)20(29)22(37)26(18,25)31/h1-8,10,16,18,35H,9,11H2/t16-,18-,25-,26+/m1/s1. The number of para-hydroxylation sites is 1. The van der Waals surface area contributed by atoms with Gasteiger partial charge in [-0.15, -0.1) is 23.2 Å². The number of halogens is 5. The van der Waals surface area contributed by atoms with Crippen LogP contribution in [-0.2, 0) is 16.1 Å². The molecule has 0 saturated heterocycles. The van der Waals surface area contributed by atoms with Crippen molar-refractivity contribution in [2.45, 2.75) is 34.7 Å². The van der Waals surface area contributed by atoms with Gasteiger partial charge in [-0.3, -0.25) is 9.59 Å². The summed E-state index contributed by atoms with van der Waals surface area (Å²) in [6.07, 6.45) is 1.32. The Morgan fingerprint density at radius 2 is 1.59 bits per heavy atom. The van der Waals surface area contributed by atoms with Gasteiger partial charge in [0.2, 0.25) is 0 Å². The number of ketones is 2. The molecular weight excluding hydrogens is 656 g/mol. The number of phenolic OH excluding ortho intramolecular Hbond substituents is 1. The fraction of sp³-hybridized carbons (Fsp3) is 0.231. The van der Waals surface area contributed by atoms with Crippen LogP contribution in [-0.4, -0.2) is 40.4 Å². The molecule has 0 radical (unpaired) electrons. The molecule has 1 aliphatic heterocycles. The highest BCUT2D eigenvalue weighted by Crippen LogP contribution is 2.64. The molecule has 2 aromatic carbocycles. The fourth-order valence-electron chi connectivity index (χ4n) is 5.87. The van der Waals surface area contributed by atoms with Crippen LogP contribution in [0, 0.1) is 0 Å². The topological polar surface area (TPSA) is 103 Å². The number of aromatic hydroxyl groups is 1. The van der Waals surface area contributed by atoms with Crippen molar-refractivity contribution in [3.8, 4) is 11.4 Å². The monoisotopic (exact) mass is 669 g/mol. The zero-order valence-corrected chi connectivity index (χ0v) is 24.2. The molecule has 200 valence electrons. The van der Waals surface area contributed by atoms with Crippen molar-refractivity contribution in [2.75, 3.05) is 0 Å². The van der Waals surface area contributed by atoms with Crippen molar-refractivity contribution >= 4 is 73.9 Å². The van der Waals surface area contributed by atoms with Gasteiger partial charge in [-0.2, -0.15) is 0 Å². The van der Waals surface area contributed by atoms with Crippen LogP contribution in [0.3, 0.4) is 0 Å². The first-order valence-corrected chi connectivity index (χ1v) is 13.9. The van der Waals surface area contributed by atoms with Crippen LogP contribution in [0.5, 0.6) is 5.75 Å². The second kappa shape index (κ2) is 8.97. The van der Waals surface area contributed by atoms with Crippen LogP contribution < -0.4 is 11.4 Å². The van der Waals surface area contributed by atoms with Crippen LogP contribution in [0.1, 0.15) is 23.9 Å². The number of fused-ring (bicyclic) bond motifs is 4. The van der Waals surface area contributed by atoms with Crippen LogP contribution >= 0.6 is 62.3 Å². The van der Waals surface area contributed by atoms with E-state index >= 15 is 0 Å². The lowest BCUT2D eigenvalue weighted by Gasteiger charge is -2.54. The molecule has 3 aliphatic rings. The Hall–Kier alpha value is -2.56. The highest BCUT2D eigenvalue weighted by molar-refractivity contribution is 9.10. The Kier molecular flexibility index (Phi) is 6.13. The van der Waals surface area contributed by atoms with Crippen LogP contribution in [0.15, 0.2) is 84.3 Å². The van der Waals surface area contributed by atoms with Crippen LogP contribution in [0.2, 0.25) is 0 Å². The molecule has 0 amide bonds. The number of benzene rings is 2. The van der Waals surface area contributed by atoms with Crippen LogP contribution in [0.4, 0.5) is 0 Å². The maximum atomic E-state index is 13.8. The molecule has 0 unspecified atom stereocenters. The number of hydrogen-bond acceptors (Lipinski definition) is 5. The smallest absolute Gasteiger partial charge is 0.352 e. The Labute approximate surface area is 248 Å². The molecule has 8 nitrogen and oxygen atoms in total. The van der Waals surface area contributed by atoms with E-state index in [-0.39, 0.29) is 24.3 Å². The third kappa shape index (κ3) is 3.43. The summed E-state index contributed by atoms with van der Waals surface area (Å²) in [5, 5.41) is 9.81. The third-order valence-corrected chi connectivity index (χ3v) is 10.4. The van der Waals surface area contributed by atoms with Gasteiger partial charge in [-0.05, 0) is 35.9 Å². The molecule has 1 saturated carbocycles. The molecule has 6 rings (SSSR count). The normalized spacial score (nSPS) is 28.1. The summed E-state index contributed by atoms with van der Waals surface area (Å²) in [5.41, 5.74) is -0.312. The summed E-state index contributed by atoms with van der Waals surface area (Å²) < 4.78 is 4.03. The molecule has 4 atom stereocenters. The molecule has 2 heterocycles. The van der Waals surface area contributed by atoms with Gasteiger partial charge in [0.05, 0.1) is 18.3 Å². The summed E-state index contributed by atoms with van der Waals surface area (Å²) in [7, 11) is 0. The molecule has 1 aromatic heterocycles. The van der Waals surface area contributed by atoms with Gasteiger partial charge in [0, 0.05) is 22.4 Å². The highest BCUT2D eigenvalue weighted by atomic mass is 79.9. The van der Waals surface area contributed by atoms with Crippen molar-refractivity contribution in [1.82, 2.24) is 13.9 Å². The maximum absolute atomic E-state index is 13.8. The number of alkyl halides is 2. The lowest BCUT2D eigenvalue weighted by atomic mass is 9.59. The van der Waals surface area contributed by atoms with Crippen LogP contribution in [0.25, 0.3) is 5.69 Å². The number of allylic oxidation sites excluding steroid dienone is 4. The Morgan fingerprint density at radius 3 is 2.28 bits per heavy atom. The summed E-state index contributed by atoms with van der Waals surface area (Å²) in [6, 6.07) is 11.9. The summed E-state index contributed by atoms with van der Waals surface area (Å²) in [4.78, 5) is 50.2. The van der Waals surface area contributed by atoms with Crippen molar-refractivity contribution in [3.05, 3.63) is 101 Å². The first-order chi connectivity index (χ1) is 18.4. The zero-order valence-electron chi connectivity index (χ0n) is 19.6. The largest absolute Gasteiger partial charge is 0.508 e. The molecule has 3 aromatic rings. The van der Waals surface area contributed by atoms with Crippen molar-refractivity contribution < 1.29 is 14.7 Å². The SMILES string of the molecule is O=C1C(Cl)=C(Cl)C(=O)[C@@]2(Cl)[C@@H](c3cc(Br)ccc3O)C3=CCn4c(=O)n(-c5ccccc5)c(=O)n4[C@@H]3C[C@@]12Cl. The van der Waals surface area contributed by atoms with E-state index < -0.39 is 54.7 Å². The van der Waals surface area contributed by atoms with E-state index in [1.807, 2.05) is 0 Å². The minimum atomic E-state index is -2.21. The maximum Gasteiger partial charge on any atom is 0.352 e. The number of carbonyl (C=O) groups excluding carboxylic acids is 2. The van der Waals surface area contributed by atoms with E-state index in [4.69, 9.17) is 46.4 Å². The van der Waals surface area contributed by atoms with E-state index in [2.05, 4.69) is 15.9 Å². The zero-order chi connectivity index (χ0) is 28.0. The number of nitrogens with zero attached hydrogens (tertiary/aromatic N) is 3. The molecule has 0 bridgehead atoms.